The molecule has 0 saturated heterocycles. The quantitative estimate of drug-likeness (QED) is 0.832. The van der Waals surface area contributed by atoms with Gasteiger partial charge in [-0.3, -0.25) is 0 Å². The van der Waals surface area contributed by atoms with E-state index in [0.29, 0.717) is 16.4 Å². The summed E-state index contributed by atoms with van der Waals surface area (Å²) in [4.78, 5) is 23.9. The molecule has 2 N–H and O–H groups in total. The van der Waals surface area contributed by atoms with Gasteiger partial charge in [0.05, 0.1) is 10.6 Å². The average Bonchev–Trinajstić information content (AvgIpc) is 2.83. The van der Waals surface area contributed by atoms with Crippen LogP contribution in [0.5, 0.6) is 0 Å². The van der Waals surface area contributed by atoms with Crippen molar-refractivity contribution >= 4 is 28.0 Å². The van der Waals surface area contributed by atoms with E-state index < -0.39 is 5.97 Å². The van der Waals surface area contributed by atoms with Crippen LogP contribution in [0.25, 0.3) is 16.8 Å². The van der Waals surface area contributed by atoms with Crippen LogP contribution in [0.15, 0.2) is 24.8 Å². The highest BCUT2D eigenvalue weighted by atomic mass is 32.1. The van der Waals surface area contributed by atoms with Gasteiger partial charge in [-0.2, -0.15) is 0 Å². The number of aromatic nitrogens is 3. The van der Waals surface area contributed by atoms with Crippen molar-refractivity contribution in [1.29, 1.82) is 0 Å². The summed E-state index contributed by atoms with van der Waals surface area (Å²) >= 11 is 1.40. The Labute approximate surface area is 113 Å². The van der Waals surface area contributed by atoms with Gasteiger partial charge in [-0.1, -0.05) is 11.3 Å². The molecule has 0 atom stereocenters. The Hall–Kier alpha value is -2.28. The fraction of sp³-hybridized carbons (Fsp3) is 0.167. The van der Waals surface area contributed by atoms with Crippen LogP contribution in [0.1, 0.15) is 11.8 Å². The van der Waals surface area contributed by atoms with Gasteiger partial charge in [0.2, 0.25) is 0 Å². The number of carboxylic acids is 1. The molecule has 6 nitrogen and oxygen atoms in total. The number of aliphatic carboxylic acids is 1. The molecule has 0 unspecified atom stereocenters. The van der Waals surface area contributed by atoms with Crippen molar-refractivity contribution in [2.24, 2.45) is 0 Å². The first-order valence-corrected chi connectivity index (χ1v) is 6.29. The number of allylic oxidation sites excluding steroid dienone is 1. The lowest BCUT2D eigenvalue weighted by molar-refractivity contribution is -0.131. The molecule has 0 aliphatic carbocycles. The van der Waals surface area contributed by atoms with Crippen LogP contribution in [0.3, 0.4) is 0 Å². The van der Waals surface area contributed by atoms with Crippen LogP contribution < -0.4 is 5.32 Å². The summed E-state index contributed by atoms with van der Waals surface area (Å²) in [5, 5.41) is 12.5. The van der Waals surface area contributed by atoms with Crippen LogP contribution >= 0.6 is 11.3 Å². The Balaban J connectivity index is 2.55. The van der Waals surface area contributed by atoms with Crippen molar-refractivity contribution in [2.45, 2.75) is 6.92 Å². The average molecular weight is 276 g/mol. The van der Waals surface area contributed by atoms with E-state index in [0.717, 1.165) is 10.4 Å². The third kappa shape index (κ3) is 2.94. The zero-order chi connectivity index (χ0) is 13.8. The third-order valence-electron chi connectivity index (χ3n) is 2.37. The molecule has 0 saturated carbocycles. The monoisotopic (exact) mass is 276 g/mol. The number of hydrogen-bond donors (Lipinski definition) is 2. The van der Waals surface area contributed by atoms with E-state index in [1.54, 1.807) is 26.4 Å². The summed E-state index contributed by atoms with van der Waals surface area (Å²) < 4.78 is 0. The SMILES string of the molecule is CNc1nc(-c2cncnc2)c(/C(C)=C/C(=O)O)s1. The number of anilines is 1. The molecule has 0 radical (unpaired) electrons. The van der Waals surface area contributed by atoms with E-state index in [4.69, 9.17) is 5.11 Å². The van der Waals surface area contributed by atoms with Gasteiger partial charge in [-0.15, -0.1) is 0 Å². The molecule has 2 rings (SSSR count). The molecular formula is C12H12N4O2S. The molecule has 7 heteroatoms. The van der Waals surface area contributed by atoms with Gasteiger partial charge in [-0.05, 0) is 12.5 Å². The lowest BCUT2D eigenvalue weighted by Gasteiger charge is -2.00. The second-order valence-electron chi connectivity index (χ2n) is 3.74. The number of rotatable bonds is 4. The number of hydrogen-bond acceptors (Lipinski definition) is 6. The van der Waals surface area contributed by atoms with E-state index in [2.05, 4.69) is 20.3 Å². The fourth-order valence-corrected chi connectivity index (χ4v) is 2.47. The van der Waals surface area contributed by atoms with Crippen LogP contribution in [0, 0.1) is 0 Å². The first kappa shape index (κ1) is 13.2. The van der Waals surface area contributed by atoms with Crippen LogP contribution in [0.2, 0.25) is 0 Å². The number of carbonyl (C=O) groups is 1. The highest BCUT2D eigenvalue weighted by Gasteiger charge is 2.15. The molecule has 0 aromatic carbocycles. The highest BCUT2D eigenvalue weighted by Crippen LogP contribution is 2.35. The summed E-state index contributed by atoms with van der Waals surface area (Å²) in [6.07, 6.45) is 5.91. The molecule has 0 fully saturated rings. The van der Waals surface area contributed by atoms with Crippen molar-refractivity contribution in [2.75, 3.05) is 12.4 Å². The molecule has 2 heterocycles. The maximum absolute atomic E-state index is 10.8. The molecule has 98 valence electrons. The lowest BCUT2D eigenvalue weighted by atomic mass is 10.1. The third-order valence-corrected chi connectivity index (χ3v) is 3.58. The Morgan fingerprint density at radius 3 is 2.68 bits per heavy atom. The molecule has 0 aliphatic rings. The van der Waals surface area contributed by atoms with Gasteiger partial charge >= 0.3 is 5.97 Å². The van der Waals surface area contributed by atoms with Crippen LogP contribution in [-0.4, -0.2) is 33.1 Å². The van der Waals surface area contributed by atoms with E-state index in [9.17, 15) is 4.79 Å². The smallest absolute Gasteiger partial charge is 0.328 e. The predicted molar refractivity (Wildman–Crippen MR) is 74.0 cm³/mol. The number of nitrogens with zero attached hydrogens (tertiary/aromatic N) is 3. The molecule has 2 aromatic heterocycles. The summed E-state index contributed by atoms with van der Waals surface area (Å²) in [5.41, 5.74) is 2.09. The predicted octanol–water partition coefficient (Wildman–Crippen LogP) is 2.13. The Morgan fingerprint density at radius 1 is 1.42 bits per heavy atom. The molecule has 0 bridgehead atoms. The highest BCUT2D eigenvalue weighted by molar-refractivity contribution is 7.17. The van der Waals surface area contributed by atoms with Crippen molar-refractivity contribution in [1.82, 2.24) is 15.0 Å². The molecule has 0 amide bonds. The standard InChI is InChI=1S/C12H12N4O2S/c1-7(3-9(17)18)11-10(16-12(13-2)19-11)8-4-14-6-15-5-8/h3-6H,1-2H3,(H,13,16)(H,17,18)/b7-3+. The minimum Gasteiger partial charge on any atom is -0.478 e. The van der Waals surface area contributed by atoms with E-state index in [1.807, 2.05) is 0 Å². The molecule has 19 heavy (non-hydrogen) atoms. The summed E-state index contributed by atoms with van der Waals surface area (Å²) in [6.45, 7) is 1.74. The molecule has 0 spiro atoms. The lowest BCUT2D eigenvalue weighted by Crippen LogP contribution is -1.91. The molecular weight excluding hydrogens is 264 g/mol. The first-order valence-electron chi connectivity index (χ1n) is 5.47. The van der Waals surface area contributed by atoms with Gasteiger partial charge in [0, 0.05) is 31.1 Å². The van der Waals surface area contributed by atoms with E-state index in [1.165, 1.54) is 23.7 Å². The summed E-state index contributed by atoms with van der Waals surface area (Å²) in [7, 11) is 1.77. The number of nitrogens with one attached hydrogen (secondary N) is 1. The topological polar surface area (TPSA) is 88.0 Å². The van der Waals surface area contributed by atoms with Gasteiger partial charge < -0.3 is 10.4 Å². The first-order chi connectivity index (χ1) is 9.11. The normalized spacial score (nSPS) is 11.4. The molecule has 0 aliphatic heterocycles. The van der Waals surface area contributed by atoms with Crippen molar-refractivity contribution in [3.05, 3.63) is 29.7 Å². The maximum Gasteiger partial charge on any atom is 0.328 e. The van der Waals surface area contributed by atoms with Gasteiger partial charge in [0.1, 0.15) is 6.33 Å². The van der Waals surface area contributed by atoms with Gasteiger partial charge in [0.15, 0.2) is 5.13 Å². The van der Waals surface area contributed by atoms with Crippen LogP contribution in [0.4, 0.5) is 5.13 Å². The largest absolute Gasteiger partial charge is 0.478 e. The minimum atomic E-state index is -0.979. The summed E-state index contributed by atoms with van der Waals surface area (Å²) in [6, 6.07) is 0. The van der Waals surface area contributed by atoms with Crippen molar-refractivity contribution in [3.63, 3.8) is 0 Å². The van der Waals surface area contributed by atoms with Gasteiger partial charge in [-0.25, -0.2) is 19.7 Å². The maximum atomic E-state index is 10.8. The van der Waals surface area contributed by atoms with Crippen LogP contribution in [-0.2, 0) is 4.79 Å². The second-order valence-corrected chi connectivity index (χ2v) is 4.74. The zero-order valence-electron chi connectivity index (χ0n) is 10.4. The Kier molecular flexibility index (Phi) is 3.86. The fourth-order valence-electron chi connectivity index (χ4n) is 1.56. The number of thiazole rings is 1. The van der Waals surface area contributed by atoms with E-state index >= 15 is 0 Å². The second kappa shape index (κ2) is 5.57. The Morgan fingerprint density at radius 2 is 2.11 bits per heavy atom. The Bertz CT molecular complexity index is 622. The molecule has 2 aromatic rings. The van der Waals surface area contributed by atoms with Gasteiger partial charge in [0.25, 0.3) is 0 Å². The zero-order valence-corrected chi connectivity index (χ0v) is 11.2. The summed E-state index contributed by atoms with van der Waals surface area (Å²) in [5.74, 6) is -0.979. The van der Waals surface area contributed by atoms with Crippen molar-refractivity contribution < 1.29 is 9.90 Å². The van der Waals surface area contributed by atoms with Crippen molar-refractivity contribution in [3.8, 4) is 11.3 Å². The van der Waals surface area contributed by atoms with E-state index in [-0.39, 0.29) is 0 Å². The minimum absolute atomic E-state index is 0.644. The number of carboxylic acid groups (broad SMARTS) is 1.